The quantitative estimate of drug-likeness (QED) is 0.659. The van der Waals surface area contributed by atoms with Crippen LogP contribution in [0, 0.1) is 5.92 Å². The first-order chi connectivity index (χ1) is 7.26. The molecule has 0 saturated carbocycles. The summed E-state index contributed by atoms with van der Waals surface area (Å²) in [6.07, 6.45) is 3.65. The molecular weight excluding hydrogens is 180 g/mol. The molecule has 0 aliphatic rings. The van der Waals surface area contributed by atoms with Crippen LogP contribution in [-0.2, 0) is 12.8 Å². The molecule has 15 heavy (non-hydrogen) atoms. The van der Waals surface area contributed by atoms with Crippen LogP contribution in [-0.4, -0.2) is 0 Å². The van der Waals surface area contributed by atoms with Crippen molar-refractivity contribution in [2.24, 2.45) is 5.92 Å². The van der Waals surface area contributed by atoms with Crippen molar-refractivity contribution < 1.29 is 0 Å². The molecule has 1 unspecified atom stereocenters. The van der Waals surface area contributed by atoms with E-state index >= 15 is 0 Å². The highest BCUT2D eigenvalue weighted by Crippen LogP contribution is 2.13. The van der Waals surface area contributed by atoms with Gasteiger partial charge in [-0.1, -0.05) is 65.3 Å². The lowest BCUT2D eigenvalue weighted by atomic mass is 9.97. The Morgan fingerprint density at radius 3 is 2.20 bits per heavy atom. The van der Waals surface area contributed by atoms with Crippen LogP contribution >= 0.6 is 0 Å². The largest absolute Gasteiger partial charge is 0.0683 e. The number of benzene rings is 1. The number of hydrogen-bond acceptors (Lipinski definition) is 0. The monoisotopic (exact) mass is 206 g/mol. The molecule has 0 radical (unpaired) electrons. The van der Waals surface area contributed by atoms with E-state index in [9.17, 15) is 0 Å². The summed E-state index contributed by atoms with van der Waals surface area (Å²) < 4.78 is 0. The van der Waals surface area contributed by atoms with Crippen LogP contribution in [0.15, 0.2) is 24.3 Å². The molecule has 1 rings (SSSR count). The van der Waals surface area contributed by atoms with Crippen LogP contribution in [0.4, 0.5) is 0 Å². The average Bonchev–Trinajstić information content (AvgIpc) is 2.31. The molecule has 0 saturated heterocycles. The summed E-state index contributed by atoms with van der Waals surface area (Å²) in [6.45, 7) is 10.8. The molecule has 0 nitrogen and oxygen atoms in total. The van der Waals surface area contributed by atoms with E-state index in [-0.39, 0.29) is 0 Å². The fourth-order valence-electron chi connectivity index (χ4n) is 1.52. The Bertz CT molecular complexity index is 250. The molecule has 0 spiro atoms. The van der Waals surface area contributed by atoms with Crippen molar-refractivity contribution in [3.8, 4) is 0 Å². The number of hydrogen-bond donors (Lipinski definition) is 0. The van der Waals surface area contributed by atoms with E-state index in [1.165, 1.54) is 24.0 Å². The SMILES string of the molecule is CC.CCc1cccc(CC(C)CC)c1. The molecule has 1 aromatic rings. The lowest BCUT2D eigenvalue weighted by Gasteiger charge is -2.08. The molecule has 1 aromatic carbocycles. The van der Waals surface area contributed by atoms with E-state index in [1.807, 2.05) is 13.8 Å². The van der Waals surface area contributed by atoms with Gasteiger partial charge < -0.3 is 0 Å². The third-order valence-electron chi connectivity index (χ3n) is 2.68. The Kier molecular flexibility index (Phi) is 8.08. The molecule has 0 bridgehead atoms. The van der Waals surface area contributed by atoms with Crippen molar-refractivity contribution in [3.63, 3.8) is 0 Å². The summed E-state index contributed by atoms with van der Waals surface area (Å²) in [5, 5.41) is 0. The highest BCUT2D eigenvalue weighted by molar-refractivity contribution is 5.23. The third kappa shape index (κ3) is 5.61. The van der Waals surface area contributed by atoms with Gasteiger partial charge in [0.1, 0.15) is 0 Å². The van der Waals surface area contributed by atoms with Gasteiger partial charge >= 0.3 is 0 Å². The molecule has 0 heteroatoms. The normalized spacial score (nSPS) is 11.5. The van der Waals surface area contributed by atoms with E-state index < -0.39 is 0 Å². The van der Waals surface area contributed by atoms with Crippen molar-refractivity contribution >= 4 is 0 Å². The van der Waals surface area contributed by atoms with E-state index in [4.69, 9.17) is 0 Å². The Morgan fingerprint density at radius 1 is 1.07 bits per heavy atom. The maximum Gasteiger partial charge on any atom is -0.0253 e. The third-order valence-corrected chi connectivity index (χ3v) is 2.68. The lowest BCUT2D eigenvalue weighted by Crippen LogP contribution is -1.98. The Morgan fingerprint density at radius 2 is 1.67 bits per heavy atom. The second-order valence-electron chi connectivity index (χ2n) is 3.89. The summed E-state index contributed by atoms with van der Waals surface area (Å²) in [4.78, 5) is 0. The summed E-state index contributed by atoms with van der Waals surface area (Å²) in [7, 11) is 0. The van der Waals surface area contributed by atoms with Crippen LogP contribution in [0.1, 0.15) is 52.2 Å². The minimum atomic E-state index is 0.812. The molecule has 0 heterocycles. The molecule has 0 aromatic heterocycles. The van der Waals surface area contributed by atoms with E-state index in [1.54, 1.807) is 0 Å². The number of aryl methyl sites for hydroxylation is 1. The summed E-state index contributed by atoms with van der Waals surface area (Å²) >= 11 is 0. The Hall–Kier alpha value is -0.780. The zero-order valence-corrected chi connectivity index (χ0v) is 11.0. The van der Waals surface area contributed by atoms with Crippen LogP contribution in [0.2, 0.25) is 0 Å². The Balaban J connectivity index is 0.000000921. The fourth-order valence-corrected chi connectivity index (χ4v) is 1.52. The van der Waals surface area contributed by atoms with Gasteiger partial charge in [-0.15, -0.1) is 0 Å². The summed E-state index contributed by atoms with van der Waals surface area (Å²) in [5.74, 6) is 0.812. The summed E-state index contributed by atoms with van der Waals surface area (Å²) in [5.41, 5.74) is 2.95. The van der Waals surface area contributed by atoms with Gasteiger partial charge in [-0.05, 0) is 29.9 Å². The fraction of sp³-hybridized carbons (Fsp3) is 0.600. The van der Waals surface area contributed by atoms with Crippen molar-refractivity contribution in [3.05, 3.63) is 35.4 Å². The van der Waals surface area contributed by atoms with Crippen molar-refractivity contribution in [1.82, 2.24) is 0 Å². The van der Waals surface area contributed by atoms with Gasteiger partial charge in [0, 0.05) is 0 Å². The zero-order chi connectivity index (χ0) is 11.7. The second kappa shape index (κ2) is 8.52. The van der Waals surface area contributed by atoms with Gasteiger partial charge in [0.15, 0.2) is 0 Å². The van der Waals surface area contributed by atoms with Crippen molar-refractivity contribution in [2.75, 3.05) is 0 Å². The first-order valence-corrected chi connectivity index (χ1v) is 6.34. The highest BCUT2D eigenvalue weighted by Gasteiger charge is 2.00. The predicted octanol–water partition coefficient (Wildman–Crippen LogP) is 4.86. The maximum atomic E-state index is 2.34. The minimum Gasteiger partial charge on any atom is -0.0683 e. The minimum absolute atomic E-state index is 0.812. The Labute approximate surface area is 95.7 Å². The predicted molar refractivity (Wildman–Crippen MR) is 70.3 cm³/mol. The average molecular weight is 206 g/mol. The molecular formula is C15H26. The molecule has 0 amide bonds. The van der Waals surface area contributed by atoms with Gasteiger partial charge in [0.05, 0.1) is 0 Å². The molecule has 0 N–H and O–H groups in total. The molecule has 86 valence electrons. The maximum absolute atomic E-state index is 2.34. The first kappa shape index (κ1) is 14.2. The lowest BCUT2D eigenvalue weighted by molar-refractivity contribution is 0.560. The van der Waals surface area contributed by atoms with Crippen molar-refractivity contribution in [2.45, 2.75) is 53.9 Å². The number of rotatable bonds is 4. The van der Waals surface area contributed by atoms with Crippen LogP contribution in [0.3, 0.4) is 0 Å². The molecule has 0 fully saturated rings. The van der Waals surface area contributed by atoms with Gasteiger partial charge in [0.25, 0.3) is 0 Å². The van der Waals surface area contributed by atoms with Gasteiger partial charge in [-0.25, -0.2) is 0 Å². The summed E-state index contributed by atoms with van der Waals surface area (Å²) in [6, 6.07) is 8.97. The zero-order valence-electron chi connectivity index (χ0n) is 11.0. The van der Waals surface area contributed by atoms with Crippen LogP contribution < -0.4 is 0 Å². The molecule has 1 atom stereocenters. The van der Waals surface area contributed by atoms with E-state index in [0.29, 0.717) is 0 Å². The van der Waals surface area contributed by atoms with Gasteiger partial charge in [-0.3, -0.25) is 0 Å². The van der Waals surface area contributed by atoms with E-state index in [2.05, 4.69) is 45.0 Å². The smallest absolute Gasteiger partial charge is 0.0253 e. The standard InChI is InChI=1S/C13H20.C2H6/c1-4-11(3)9-13-8-6-7-12(5-2)10-13;1-2/h6-8,10-11H,4-5,9H2,1-3H3;1-2H3. The molecule has 0 aliphatic heterocycles. The van der Waals surface area contributed by atoms with Crippen LogP contribution in [0.5, 0.6) is 0 Å². The highest BCUT2D eigenvalue weighted by atomic mass is 14.1. The van der Waals surface area contributed by atoms with Gasteiger partial charge in [0.2, 0.25) is 0 Å². The van der Waals surface area contributed by atoms with Gasteiger partial charge in [-0.2, -0.15) is 0 Å². The van der Waals surface area contributed by atoms with E-state index in [0.717, 1.165) is 12.3 Å². The topological polar surface area (TPSA) is 0 Å². The molecule has 0 aliphatic carbocycles. The van der Waals surface area contributed by atoms with Crippen LogP contribution in [0.25, 0.3) is 0 Å². The van der Waals surface area contributed by atoms with Crippen molar-refractivity contribution in [1.29, 1.82) is 0 Å². The first-order valence-electron chi connectivity index (χ1n) is 6.34. The second-order valence-corrected chi connectivity index (χ2v) is 3.89.